The summed E-state index contributed by atoms with van der Waals surface area (Å²) >= 11 is 1.60. The van der Waals surface area contributed by atoms with Gasteiger partial charge in [-0.3, -0.25) is 14.7 Å². The minimum Gasteiger partial charge on any atom is -0.496 e. The van der Waals surface area contributed by atoms with Gasteiger partial charge in [-0.1, -0.05) is 53.7 Å². The predicted octanol–water partition coefficient (Wildman–Crippen LogP) is 3.75. The molecule has 0 fully saturated rings. The summed E-state index contributed by atoms with van der Waals surface area (Å²) in [6.07, 6.45) is 0. The van der Waals surface area contributed by atoms with Crippen LogP contribution in [0.5, 0.6) is 5.75 Å². The van der Waals surface area contributed by atoms with Gasteiger partial charge >= 0.3 is 0 Å². The van der Waals surface area contributed by atoms with Crippen molar-refractivity contribution in [1.29, 1.82) is 0 Å². The molecule has 124 valence electrons. The van der Waals surface area contributed by atoms with Crippen LogP contribution in [0, 0.1) is 6.92 Å². The highest BCUT2D eigenvalue weighted by Gasteiger charge is 2.26. The molecule has 1 aliphatic heterocycles. The highest BCUT2D eigenvalue weighted by atomic mass is 32.2. The third-order valence-corrected chi connectivity index (χ3v) is 4.96. The van der Waals surface area contributed by atoms with Crippen LogP contribution in [0.4, 0.5) is 0 Å². The largest absolute Gasteiger partial charge is 0.496 e. The molecule has 0 saturated carbocycles. The summed E-state index contributed by atoms with van der Waals surface area (Å²) in [5.74, 6) is 1.34. The summed E-state index contributed by atoms with van der Waals surface area (Å²) in [4.78, 5) is 19.1. The van der Waals surface area contributed by atoms with Crippen LogP contribution < -0.4 is 4.74 Å². The first-order valence-electron chi connectivity index (χ1n) is 7.86. The van der Waals surface area contributed by atoms with Gasteiger partial charge in [0.05, 0.1) is 19.2 Å². The van der Waals surface area contributed by atoms with E-state index in [1.807, 2.05) is 12.1 Å². The number of hydrogen-bond donors (Lipinski definition) is 0. The van der Waals surface area contributed by atoms with E-state index in [4.69, 9.17) is 4.74 Å². The summed E-state index contributed by atoms with van der Waals surface area (Å²) in [6, 6.07) is 15.7. The zero-order valence-electron chi connectivity index (χ0n) is 13.9. The summed E-state index contributed by atoms with van der Waals surface area (Å²) in [7, 11) is 1.58. The lowest BCUT2D eigenvalue weighted by Gasteiger charge is -2.19. The van der Waals surface area contributed by atoms with Crippen LogP contribution >= 0.6 is 11.8 Å². The molecule has 0 spiro atoms. The van der Waals surface area contributed by atoms with E-state index >= 15 is 0 Å². The van der Waals surface area contributed by atoms with Crippen molar-refractivity contribution < 1.29 is 9.53 Å². The van der Waals surface area contributed by atoms with Crippen LogP contribution in [-0.2, 0) is 5.75 Å². The molecule has 0 saturated heterocycles. The predicted molar refractivity (Wildman–Crippen MR) is 98.8 cm³/mol. The Balaban J connectivity index is 1.70. The van der Waals surface area contributed by atoms with Crippen LogP contribution in [0.15, 0.2) is 53.5 Å². The van der Waals surface area contributed by atoms with Gasteiger partial charge < -0.3 is 4.74 Å². The third-order valence-electron chi connectivity index (χ3n) is 3.87. The molecule has 0 bridgehead atoms. The number of benzene rings is 2. The number of aryl methyl sites for hydroxylation is 1. The molecule has 0 aliphatic carbocycles. The van der Waals surface area contributed by atoms with E-state index in [0.29, 0.717) is 24.4 Å². The van der Waals surface area contributed by atoms with Crippen LogP contribution in [0.2, 0.25) is 0 Å². The van der Waals surface area contributed by atoms with Gasteiger partial charge in [-0.15, -0.1) is 0 Å². The van der Waals surface area contributed by atoms with Gasteiger partial charge in [0, 0.05) is 12.3 Å². The molecular weight excluding hydrogens is 320 g/mol. The van der Waals surface area contributed by atoms with Crippen LogP contribution in [-0.4, -0.2) is 36.2 Å². The molecule has 0 atom stereocenters. The van der Waals surface area contributed by atoms with Gasteiger partial charge in [0.1, 0.15) is 5.75 Å². The molecule has 0 N–H and O–H groups in total. The lowest BCUT2D eigenvalue weighted by Crippen LogP contribution is -2.33. The molecule has 2 aromatic rings. The van der Waals surface area contributed by atoms with Gasteiger partial charge in [-0.25, -0.2) is 0 Å². The van der Waals surface area contributed by atoms with Gasteiger partial charge in [-0.2, -0.15) is 0 Å². The average molecular weight is 340 g/mol. The fraction of sp³-hybridized carbons (Fsp3) is 0.263. The Hall–Kier alpha value is -2.27. The number of aliphatic imine (C=N–C) groups is 1. The van der Waals surface area contributed by atoms with E-state index < -0.39 is 0 Å². The number of nitrogens with zero attached hydrogens (tertiary/aromatic N) is 2. The standard InChI is InChI=1S/C19H20N2O2S/c1-14-7-9-15(10-8-14)13-24-19-20-11-12-21(19)18(22)16-5-3-4-6-17(16)23-2/h3-10H,11-13H2,1-2H3. The van der Waals surface area contributed by atoms with E-state index in [-0.39, 0.29) is 5.91 Å². The number of amides is 1. The maximum atomic E-state index is 12.8. The maximum Gasteiger partial charge on any atom is 0.263 e. The Morgan fingerprint density at radius 1 is 1.21 bits per heavy atom. The maximum absolute atomic E-state index is 12.8. The van der Waals surface area contributed by atoms with Crippen molar-refractivity contribution in [2.24, 2.45) is 4.99 Å². The van der Waals surface area contributed by atoms with E-state index in [1.165, 1.54) is 11.1 Å². The highest BCUT2D eigenvalue weighted by Crippen LogP contribution is 2.25. The summed E-state index contributed by atoms with van der Waals surface area (Å²) in [5.41, 5.74) is 3.05. The van der Waals surface area contributed by atoms with Crippen LogP contribution in [0.25, 0.3) is 0 Å². The fourth-order valence-corrected chi connectivity index (χ4v) is 3.54. The summed E-state index contributed by atoms with van der Waals surface area (Å²) in [6.45, 7) is 3.34. The SMILES string of the molecule is COc1ccccc1C(=O)N1CCN=C1SCc1ccc(C)cc1. The van der Waals surface area contributed by atoms with Gasteiger partial charge in [0.25, 0.3) is 5.91 Å². The molecule has 1 amide bonds. The second-order valence-electron chi connectivity index (χ2n) is 5.60. The molecule has 3 rings (SSSR count). The van der Waals surface area contributed by atoms with Gasteiger partial charge in [0.15, 0.2) is 5.17 Å². The smallest absolute Gasteiger partial charge is 0.263 e. The Labute approximate surface area is 146 Å². The number of rotatable bonds is 4. The molecule has 1 aliphatic rings. The minimum atomic E-state index is -0.0555. The first-order chi connectivity index (χ1) is 11.7. The van der Waals surface area contributed by atoms with E-state index in [1.54, 1.807) is 35.9 Å². The molecular formula is C19H20N2O2S. The zero-order chi connectivity index (χ0) is 16.9. The van der Waals surface area contributed by atoms with Crippen molar-refractivity contribution in [3.63, 3.8) is 0 Å². The number of ether oxygens (including phenoxy) is 1. The molecule has 4 nitrogen and oxygen atoms in total. The Kier molecular flexibility index (Phi) is 5.20. The van der Waals surface area contributed by atoms with Crippen LogP contribution in [0.1, 0.15) is 21.5 Å². The number of methoxy groups -OCH3 is 1. The molecule has 24 heavy (non-hydrogen) atoms. The van der Waals surface area contributed by atoms with Crippen molar-refractivity contribution in [2.75, 3.05) is 20.2 Å². The quantitative estimate of drug-likeness (QED) is 0.851. The number of para-hydroxylation sites is 1. The minimum absolute atomic E-state index is 0.0555. The van der Waals surface area contributed by atoms with Crippen molar-refractivity contribution >= 4 is 22.8 Å². The first kappa shape index (κ1) is 16.6. The van der Waals surface area contributed by atoms with E-state index in [0.717, 1.165) is 10.9 Å². The van der Waals surface area contributed by atoms with Crippen LogP contribution in [0.3, 0.4) is 0 Å². The van der Waals surface area contributed by atoms with Crippen molar-refractivity contribution in [3.05, 3.63) is 65.2 Å². The van der Waals surface area contributed by atoms with Gasteiger partial charge in [-0.05, 0) is 24.6 Å². The molecule has 0 unspecified atom stereocenters. The Bertz CT molecular complexity index is 756. The average Bonchev–Trinajstić information content (AvgIpc) is 3.09. The second kappa shape index (κ2) is 7.53. The monoisotopic (exact) mass is 340 g/mol. The Morgan fingerprint density at radius 2 is 1.96 bits per heavy atom. The van der Waals surface area contributed by atoms with Crippen molar-refractivity contribution in [2.45, 2.75) is 12.7 Å². The molecule has 0 aromatic heterocycles. The molecule has 0 radical (unpaired) electrons. The number of amidine groups is 1. The second-order valence-corrected chi connectivity index (χ2v) is 6.54. The first-order valence-corrected chi connectivity index (χ1v) is 8.85. The lowest BCUT2D eigenvalue weighted by molar-refractivity contribution is 0.0857. The number of hydrogen-bond acceptors (Lipinski definition) is 4. The summed E-state index contributed by atoms with van der Waals surface area (Å²) < 4.78 is 5.31. The summed E-state index contributed by atoms with van der Waals surface area (Å²) in [5, 5.41) is 0.784. The number of carbonyl (C=O) groups excluding carboxylic acids is 1. The fourth-order valence-electron chi connectivity index (χ4n) is 2.54. The lowest BCUT2D eigenvalue weighted by atomic mass is 10.2. The molecule has 1 heterocycles. The number of carbonyl (C=O) groups is 1. The Morgan fingerprint density at radius 3 is 2.71 bits per heavy atom. The molecule has 5 heteroatoms. The van der Waals surface area contributed by atoms with Crippen molar-refractivity contribution in [3.8, 4) is 5.75 Å². The highest BCUT2D eigenvalue weighted by molar-refractivity contribution is 8.13. The molecule has 2 aromatic carbocycles. The normalized spacial score (nSPS) is 13.8. The number of thioether (sulfide) groups is 1. The zero-order valence-corrected chi connectivity index (χ0v) is 14.7. The van der Waals surface area contributed by atoms with Gasteiger partial charge in [0.2, 0.25) is 0 Å². The topological polar surface area (TPSA) is 41.9 Å². The van der Waals surface area contributed by atoms with E-state index in [2.05, 4.69) is 36.2 Å². The third kappa shape index (κ3) is 3.62. The van der Waals surface area contributed by atoms with E-state index in [9.17, 15) is 4.79 Å². The van der Waals surface area contributed by atoms with Crippen molar-refractivity contribution in [1.82, 2.24) is 4.90 Å².